The van der Waals surface area contributed by atoms with Gasteiger partial charge in [-0.05, 0) is 18.6 Å². The maximum atomic E-state index is 6.29. The van der Waals surface area contributed by atoms with E-state index in [0.717, 1.165) is 16.2 Å². The maximum Gasteiger partial charge on any atom is 0.0825 e. The zero-order valence-electron chi connectivity index (χ0n) is 9.38. The molecular weight excluding hydrogens is 214 g/mol. The molecule has 1 saturated carbocycles. The summed E-state index contributed by atoms with van der Waals surface area (Å²) in [6.45, 7) is 2.46. The molecule has 0 spiro atoms. The summed E-state index contributed by atoms with van der Waals surface area (Å²) in [5.41, 5.74) is 0. The minimum atomic E-state index is 0.434. The highest BCUT2D eigenvalue weighted by atomic mass is 35.5. The molecule has 1 fully saturated rings. The lowest BCUT2D eigenvalue weighted by Crippen LogP contribution is -2.45. The first-order chi connectivity index (χ1) is 6.55. The molecule has 0 amide bonds. The number of thiol groups is 1. The number of rotatable bonds is 5. The van der Waals surface area contributed by atoms with Gasteiger partial charge in [-0.2, -0.15) is 12.6 Å². The van der Waals surface area contributed by atoms with Crippen LogP contribution in [0.25, 0.3) is 0 Å². The van der Waals surface area contributed by atoms with Crippen LogP contribution in [0, 0.1) is 5.92 Å². The lowest BCUT2D eigenvalue weighted by atomic mass is 10.1. The van der Waals surface area contributed by atoms with Crippen molar-refractivity contribution in [2.24, 2.45) is 5.92 Å². The Morgan fingerprint density at radius 1 is 1.36 bits per heavy atom. The van der Waals surface area contributed by atoms with Crippen LogP contribution in [-0.2, 0) is 0 Å². The Hall–Kier alpha value is 0.600. The van der Waals surface area contributed by atoms with Crippen molar-refractivity contribution in [1.82, 2.24) is 0 Å². The number of halogens is 1. The Labute approximate surface area is 98.8 Å². The third kappa shape index (κ3) is 4.00. The molecule has 0 bridgehead atoms. The third-order valence-electron chi connectivity index (χ3n) is 3.22. The Bertz CT molecular complexity index is 173. The second-order valence-corrected chi connectivity index (χ2v) is 6.13. The topological polar surface area (TPSA) is 0 Å². The molecule has 2 atom stereocenters. The fraction of sp³-hybridized carbons (Fsp3) is 1.00. The van der Waals surface area contributed by atoms with Crippen molar-refractivity contribution >= 4 is 24.2 Å². The van der Waals surface area contributed by atoms with Crippen LogP contribution in [0.15, 0.2) is 0 Å². The molecule has 0 aromatic carbocycles. The highest BCUT2D eigenvalue weighted by Crippen LogP contribution is 2.31. The van der Waals surface area contributed by atoms with Crippen molar-refractivity contribution in [1.29, 1.82) is 0 Å². The fourth-order valence-corrected chi connectivity index (χ4v) is 2.92. The molecule has 1 rings (SSSR count). The van der Waals surface area contributed by atoms with Crippen LogP contribution < -0.4 is 0 Å². The summed E-state index contributed by atoms with van der Waals surface area (Å²) in [6, 6.07) is 0. The molecule has 1 aliphatic rings. The summed E-state index contributed by atoms with van der Waals surface area (Å²) in [4.78, 5) is 0. The monoisotopic (exact) mass is 236 g/mol. The van der Waals surface area contributed by atoms with Crippen molar-refractivity contribution in [2.45, 2.75) is 31.1 Å². The van der Waals surface area contributed by atoms with Gasteiger partial charge in [-0.25, -0.2) is 0 Å². The van der Waals surface area contributed by atoms with Gasteiger partial charge in [0.15, 0.2) is 0 Å². The highest BCUT2D eigenvalue weighted by Gasteiger charge is 2.31. The van der Waals surface area contributed by atoms with Gasteiger partial charge < -0.3 is 4.48 Å². The zero-order chi connectivity index (χ0) is 10.6. The second-order valence-electron chi connectivity index (χ2n) is 5.13. The minimum Gasteiger partial charge on any atom is -0.328 e. The first-order valence-corrected chi connectivity index (χ1v) is 6.69. The molecular formula is C11H23ClNS+. The van der Waals surface area contributed by atoms with Gasteiger partial charge >= 0.3 is 0 Å². The predicted octanol–water partition coefficient (Wildman–Crippen LogP) is 2.79. The lowest BCUT2D eigenvalue weighted by Gasteiger charge is -2.33. The van der Waals surface area contributed by atoms with E-state index in [1.807, 2.05) is 0 Å². The molecule has 0 aromatic heterocycles. The number of hydrogen-bond donors (Lipinski definition) is 1. The van der Waals surface area contributed by atoms with Gasteiger partial charge in [-0.1, -0.05) is 6.42 Å². The average Bonchev–Trinajstić information content (AvgIpc) is 2.48. The number of alkyl halides is 1. The van der Waals surface area contributed by atoms with Gasteiger partial charge in [0.2, 0.25) is 0 Å². The van der Waals surface area contributed by atoms with Crippen LogP contribution in [-0.4, -0.2) is 42.8 Å². The van der Waals surface area contributed by atoms with Crippen molar-refractivity contribution in [2.75, 3.05) is 32.9 Å². The molecule has 0 N–H and O–H groups in total. The van der Waals surface area contributed by atoms with E-state index in [2.05, 4.69) is 26.7 Å². The van der Waals surface area contributed by atoms with E-state index < -0.39 is 0 Å². The van der Waals surface area contributed by atoms with E-state index in [0.29, 0.717) is 5.38 Å². The zero-order valence-corrected chi connectivity index (χ0v) is 11.0. The van der Waals surface area contributed by atoms with E-state index in [4.69, 9.17) is 11.6 Å². The van der Waals surface area contributed by atoms with E-state index >= 15 is 0 Å². The summed E-state index contributed by atoms with van der Waals surface area (Å²) < 4.78 is 1.11. The molecule has 1 nitrogen and oxygen atoms in total. The number of nitrogens with zero attached hydrogens (tertiary/aromatic N) is 1. The predicted molar refractivity (Wildman–Crippen MR) is 67.3 cm³/mol. The van der Waals surface area contributed by atoms with Crippen LogP contribution >= 0.6 is 24.2 Å². The van der Waals surface area contributed by atoms with Gasteiger partial charge in [-0.15, -0.1) is 11.6 Å². The molecule has 0 radical (unpaired) electrons. The van der Waals surface area contributed by atoms with Crippen LogP contribution in [0.3, 0.4) is 0 Å². The summed E-state index contributed by atoms with van der Waals surface area (Å²) in [7, 11) is 4.62. The maximum absolute atomic E-state index is 6.29. The molecule has 2 unspecified atom stereocenters. The summed E-state index contributed by atoms with van der Waals surface area (Å²) in [5, 5.41) is 0.434. The largest absolute Gasteiger partial charge is 0.328 e. The average molecular weight is 237 g/mol. The Morgan fingerprint density at radius 2 is 2.07 bits per heavy atom. The fourth-order valence-electron chi connectivity index (χ4n) is 2.42. The lowest BCUT2D eigenvalue weighted by molar-refractivity contribution is -0.893. The normalized spacial score (nSPS) is 28.3. The smallest absolute Gasteiger partial charge is 0.0825 e. The van der Waals surface area contributed by atoms with Gasteiger partial charge in [0.25, 0.3) is 0 Å². The third-order valence-corrected chi connectivity index (χ3v) is 4.11. The van der Waals surface area contributed by atoms with Crippen LogP contribution in [0.4, 0.5) is 0 Å². The Kier molecular flexibility index (Phi) is 5.09. The molecule has 0 aromatic rings. The van der Waals surface area contributed by atoms with Gasteiger partial charge in [0.05, 0.1) is 27.2 Å². The molecule has 3 heteroatoms. The molecule has 14 heavy (non-hydrogen) atoms. The summed E-state index contributed by atoms with van der Waals surface area (Å²) in [5.74, 6) is 1.74. The standard InChI is InChI=1S/C11H22ClNS/c1-13(2,7-4-8-14)9-10-5-3-6-11(10)12/h10-11H,3-9H2,1-2H3/p+1. The van der Waals surface area contributed by atoms with Crippen molar-refractivity contribution in [3.8, 4) is 0 Å². The first kappa shape index (κ1) is 12.7. The molecule has 0 aliphatic heterocycles. The quantitative estimate of drug-likeness (QED) is 0.424. The van der Waals surface area contributed by atoms with Gasteiger partial charge in [0.1, 0.15) is 0 Å². The van der Waals surface area contributed by atoms with E-state index in [1.54, 1.807) is 0 Å². The minimum absolute atomic E-state index is 0.434. The summed E-state index contributed by atoms with van der Waals surface area (Å²) in [6.07, 6.45) is 5.08. The summed E-state index contributed by atoms with van der Waals surface area (Å²) >= 11 is 10.6. The van der Waals surface area contributed by atoms with E-state index in [-0.39, 0.29) is 0 Å². The highest BCUT2D eigenvalue weighted by molar-refractivity contribution is 7.80. The van der Waals surface area contributed by atoms with E-state index in [1.165, 1.54) is 38.8 Å². The molecule has 0 heterocycles. The van der Waals surface area contributed by atoms with E-state index in [9.17, 15) is 0 Å². The van der Waals surface area contributed by atoms with Gasteiger partial charge in [0, 0.05) is 17.7 Å². The van der Waals surface area contributed by atoms with Gasteiger partial charge in [-0.3, -0.25) is 0 Å². The van der Waals surface area contributed by atoms with Crippen molar-refractivity contribution in [3.63, 3.8) is 0 Å². The Morgan fingerprint density at radius 3 is 2.57 bits per heavy atom. The van der Waals surface area contributed by atoms with Crippen LogP contribution in [0.2, 0.25) is 0 Å². The Balaban J connectivity index is 2.33. The number of hydrogen-bond acceptors (Lipinski definition) is 1. The van der Waals surface area contributed by atoms with Crippen molar-refractivity contribution in [3.05, 3.63) is 0 Å². The number of quaternary nitrogens is 1. The second kappa shape index (κ2) is 5.62. The first-order valence-electron chi connectivity index (χ1n) is 5.62. The molecule has 0 saturated heterocycles. The molecule has 84 valence electrons. The molecule has 1 aliphatic carbocycles. The van der Waals surface area contributed by atoms with Crippen LogP contribution in [0.1, 0.15) is 25.7 Å². The van der Waals surface area contributed by atoms with Crippen LogP contribution in [0.5, 0.6) is 0 Å². The SMILES string of the molecule is C[N+](C)(CCCS)CC1CCCC1Cl. The van der Waals surface area contributed by atoms with Crippen molar-refractivity contribution < 1.29 is 4.48 Å².